The quantitative estimate of drug-likeness (QED) is 0.577. The maximum atomic E-state index is 12.2. The molecule has 0 radical (unpaired) electrons. The zero-order chi connectivity index (χ0) is 14.0. The van der Waals surface area contributed by atoms with Crippen LogP contribution in [0.2, 0.25) is 0 Å². The fourth-order valence-corrected chi connectivity index (χ4v) is 7.15. The van der Waals surface area contributed by atoms with E-state index in [1.54, 1.807) is 0 Å². The minimum absolute atomic E-state index is 0.360. The van der Waals surface area contributed by atoms with Gasteiger partial charge >= 0.3 is 0 Å². The summed E-state index contributed by atoms with van der Waals surface area (Å²) in [6, 6.07) is 0. The van der Waals surface area contributed by atoms with Crippen LogP contribution in [0.5, 0.6) is 0 Å². The fraction of sp³-hybridized carbons (Fsp3) is 0.944. The van der Waals surface area contributed by atoms with Crippen molar-refractivity contribution in [3.63, 3.8) is 0 Å². The van der Waals surface area contributed by atoms with Crippen molar-refractivity contribution in [2.24, 2.45) is 29.1 Å². The molecule has 4 rings (SSSR count). The lowest BCUT2D eigenvalue weighted by Gasteiger charge is -2.59. The van der Waals surface area contributed by atoms with Crippen LogP contribution in [0.4, 0.5) is 0 Å². The van der Waals surface area contributed by atoms with E-state index in [2.05, 4.69) is 6.92 Å². The number of carbonyl (C=O) groups is 1. The first-order chi connectivity index (χ1) is 9.56. The van der Waals surface area contributed by atoms with Gasteiger partial charge in [0, 0.05) is 6.42 Å². The molecule has 6 atom stereocenters. The lowest BCUT2D eigenvalue weighted by molar-refractivity contribution is -0.124. The molecule has 0 spiro atoms. The topological polar surface area (TPSA) is 17.1 Å². The summed E-state index contributed by atoms with van der Waals surface area (Å²) in [6.45, 7) is 2.58. The van der Waals surface area contributed by atoms with Crippen LogP contribution < -0.4 is 0 Å². The molecule has 0 N–H and O–H groups in total. The molecule has 0 aliphatic heterocycles. The van der Waals surface area contributed by atoms with Crippen LogP contribution in [0.3, 0.4) is 0 Å². The Morgan fingerprint density at radius 3 is 2.70 bits per heavy atom. The summed E-state index contributed by atoms with van der Waals surface area (Å²) < 4.78 is 0. The van der Waals surface area contributed by atoms with E-state index in [0.29, 0.717) is 17.1 Å². The van der Waals surface area contributed by atoms with E-state index in [-0.39, 0.29) is 0 Å². The Morgan fingerprint density at radius 2 is 1.85 bits per heavy atom. The van der Waals surface area contributed by atoms with E-state index in [9.17, 15) is 4.79 Å². The Balaban J connectivity index is 1.66. The van der Waals surface area contributed by atoms with Gasteiger partial charge in [-0.3, -0.25) is 4.79 Å². The Hall–Kier alpha value is -0.0400. The molecule has 4 aliphatic carbocycles. The van der Waals surface area contributed by atoms with Gasteiger partial charge in [0.1, 0.15) is 4.87 Å². The highest BCUT2D eigenvalue weighted by Crippen LogP contribution is 2.64. The van der Waals surface area contributed by atoms with Gasteiger partial charge in [0.2, 0.25) is 0 Å². The van der Waals surface area contributed by atoms with Crippen LogP contribution in [0.25, 0.3) is 0 Å². The highest BCUT2D eigenvalue weighted by atomic mass is 35.5. The zero-order valence-corrected chi connectivity index (χ0v) is 13.4. The van der Waals surface area contributed by atoms with Gasteiger partial charge in [-0.25, -0.2) is 0 Å². The molecule has 0 amide bonds. The Kier molecular flexibility index (Phi) is 3.05. The Morgan fingerprint density at radius 1 is 1.00 bits per heavy atom. The molecule has 2 heteroatoms. The number of ketones is 1. The minimum Gasteiger partial charge on any atom is -0.298 e. The largest absolute Gasteiger partial charge is 0.298 e. The normalized spacial score (nSPS) is 55.0. The molecular weight excluding hydrogens is 268 g/mol. The molecule has 0 heterocycles. The monoisotopic (exact) mass is 294 g/mol. The van der Waals surface area contributed by atoms with Crippen molar-refractivity contribution < 1.29 is 4.79 Å². The molecule has 4 unspecified atom stereocenters. The number of hydrogen-bond acceptors (Lipinski definition) is 1. The number of Topliss-reactive ketones (excluding diaryl/α,β-unsaturated/α-hetero) is 1. The van der Waals surface area contributed by atoms with E-state index in [0.717, 1.165) is 37.0 Å². The molecule has 20 heavy (non-hydrogen) atoms. The van der Waals surface area contributed by atoms with Crippen molar-refractivity contribution in [3.8, 4) is 0 Å². The van der Waals surface area contributed by atoms with Crippen LogP contribution in [-0.2, 0) is 4.79 Å². The first-order valence-electron chi connectivity index (χ1n) is 8.78. The van der Waals surface area contributed by atoms with Gasteiger partial charge in [-0.15, -0.1) is 11.6 Å². The molecule has 4 saturated carbocycles. The van der Waals surface area contributed by atoms with Crippen molar-refractivity contribution in [1.82, 2.24) is 0 Å². The summed E-state index contributed by atoms with van der Waals surface area (Å²) in [4.78, 5) is 11.8. The second kappa shape index (κ2) is 4.48. The average Bonchev–Trinajstić information content (AvgIpc) is 2.74. The maximum Gasteiger partial charge on any atom is 0.154 e. The SMILES string of the molecule is C[C@]12CCCCC1CCC1C2CC[C@]2(Cl)C(=O)CCC12. The van der Waals surface area contributed by atoms with Crippen LogP contribution in [0.1, 0.15) is 71.1 Å². The summed E-state index contributed by atoms with van der Waals surface area (Å²) in [6.07, 6.45) is 12.5. The summed E-state index contributed by atoms with van der Waals surface area (Å²) >= 11 is 6.81. The van der Waals surface area contributed by atoms with Crippen molar-refractivity contribution in [3.05, 3.63) is 0 Å². The highest BCUT2D eigenvalue weighted by Gasteiger charge is 2.60. The van der Waals surface area contributed by atoms with Crippen LogP contribution in [0.15, 0.2) is 0 Å². The molecule has 1 nitrogen and oxygen atoms in total. The first-order valence-corrected chi connectivity index (χ1v) is 9.16. The van der Waals surface area contributed by atoms with Crippen molar-refractivity contribution in [1.29, 1.82) is 0 Å². The van der Waals surface area contributed by atoms with Crippen LogP contribution >= 0.6 is 11.6 Å². The third-order valence-electron chi connectivity index (χ3n) is 7.73. The van der Waals surface area contributed by atoms with Gasteiger partial charge in [-0.2, -0.15) is 0 Å². The number of alkyl halides is 1. The van der Waals surface area contributed by atoms with E-state index in [1.165, 1.54) is 44.9 Å². The summed E-state index contributed by atoms with van der Waals surface area (Å²) in [5.74, 6) is 3.41. The summed E-state index contributed by atoms with van der Waals surface area (Å²) in [7, 11) is 0. The molecule has 112 valence electrons. The van der Waals surface area contributed by atoms with Crippen molar-refractivity contribution in [2.75, 3.05) is 0 Å². The zero-order valence-electron chi connectivity index (χ0n) is 12.7. The Bertz CT molecular complexity index is 433. The second-order valence-corrected chi connectivity index (χ2v) is 8.94. The molecule has 0 bridgehead atoms. The number of hydrogen-bond donors (Lipinski definition) is 0. The lowest BCUT2D eigenvalue weighted by Crippen LogP contribution is -2.54. The third kappa shape index (κ3) is 1.65. The van der Waals surface area contributed by atoms with Crippen LogP contribution in [0, 0.1) is 29.1 Å². The van der Waals surface area contributed by atoms with Gasteiger partial charge in [-0.1, -0.05) is 19.8 Å². The molecule has 0 aromatic rings. The van der Waals surface area contributed by atoms with Crippen LogP contribution in [-0.4, -0.2) is 10.7 Å². The van der Waals surface area contributed by atoms with E-state index < -0.39 is 4.87 Å². The Labute approximate surface area is 127 Å². The molecule has 0 saturated heterocycles. The molecule has 4 fully saturated rings. The third-order valence-corrected chi connectivity index (χ3v) is 8.41. The second-order valence-electron chi connectivity index (χ2n) is 8.27. The maximum absolute atomic E-state index is 12.2. The van der Waals surface area contributed by atoms with Crippen molar-refractivity contribution in [2.45, 2.75) is 76.0 Å². The fourth-order valence-electron chi connectivity index (χ4n) is 6.68. The predicted octanol–water partition coefficient (Wildman–Crippen LogP) is 4.96. The first kappa shape index (κ1) is 13.6. The lowest BCUT2D eigenvalue weighted by atomic mass is 9.47. The number of carbonyl (C=O) groups excluding carboxylic acids is 1. The summed E-state index contributed by atoms with van der Waals surface area (Å²) in [5.41, 5.74) is 0.561. The van der Waals surface area contributed by atoms with E-state index >= 15 is 0 Å². The van der Waals surface area contributed by atoms with Gasteiger partial charge in [0.05, 0.1) is 0 Å². The number of fused-ring (bicyclic) bond motifs is 5. The average molecular weight is 295 g/mol. The van der Waals surface area contributed by atoms with Gasteiger partial charge in [0.15, 0.2) is 5.78 Å². The molecular formula is C18H27ClO. The standard InChI is InChI=1S/C18H27ClO/c1-17-10-3-2-4-12(17)5-6-13-14(17)9-11-18(19)15(13)7-8-16(18)20/h12-15H,2-11H2,1H3/t12?,13?,14?,15?,17-,18+/m0/s1. The smallest absolute Gasteiger partial charge is 0.154 e. The predicted molar refractivity (Wildman–Crippen MR) is 81.8 cm³/mol. The van der Waals surface area contributed by atoms with Gasteiger partial charge < -0.3 is 0 Å². The highest BCUT2D eigenvalue weighted by molar-refractivity contribution is 6.36. The molecule has 0 aromatic carbocycles. The molecule has 0 aromatic heterocycles. The number of rotatable bonds is 0. The number of halogens is 1. The minimum atomic E-state index is -0.459. The van der Waals surface area contributed by atoms with E-state index in [4.69, 9.17) is 11.6 Å². The van der Waals surface area contributed by atoms with E-state index in [1.807, 2.05) is 0 Å². The van der Waals surface area contributed by atoms with Gasteiger partial charge in [0.25, 0.3) is 0 Å². The molecule has 4 aliphatic rings. The van der Waals surface area contributed by atoms with Gasteiger partial charge in [-0.05, 0) is 74.0 Å². The summed E-state index contributed by atoms with van der Waals surface area (Å²) in [5, 5.41) is 0. The van der Waals surface area contributed by atoms with Crippen molar-refractivity contribution >= 4 is 17.4 Å².